The molecule has 0 aliphatic carbocycles. The zero-order chi connectivity index (χ0) is 24.3. The van der Waals surface area contributed by atoms with Gasteiger partial charge in [-0.15, -0.1) is 0 Å². The summed E-state index contributed by atoms with van der Waals surface area (Å²) in [5, 5.41) is 5.99. The van der Waals surface area contributed by atoms with E-state index < -0.39 is 17.2 Å². The van der Waals surface area contributed by atoms with Gasteiger partial charge in [0.1, 0.15) is 11.6 Å². The molecule has 1 aliphatic heterocycles. The molecule has 2 atom stereocenters. The summed E-state index contributed by atoms with van der Waals surface area (Å²) in [4.78, 5) is 14.8. The standard InChI is InChI=1S/C27H28F2N4O/c1-32(2)26(34)33-27(20-11-7-4-8-12-20,16-15-24(30)19-9-5-3-6-10-19)18-25(31-33)22-17-21(28)13-14-23(22)29/h3-14,17,24H,15-16,18,30H2,1-2H3. The van der Waals surface area contributed by atoms with Gasteiger partial charge in [-0.2, -0.15) is 5.10 Å². The van der Waals surface area contributed by atoms with E-state index >= 15 is 0 Å². The van der Waals surface area contributed by atoms with Gasteiger partial charge in [0.05, 0.1) is 11.3 Å². The largest absolute Gasteiger partial charge is 0.340 e. The predicted octanol–water partition coefficient (Wildman–Crippen LogP) is 5.43. The summed E-state index contributed by atoms with van der Waals surface area (Å²) in [6.07, 6.45) is 1.28. The number of hydrogen-bond donors (Lipinski definition) is 1. The minimum atomic E-state index is -0.900. The van der Waals surface area contributed by atoms with E-state index in [-0.39, 0.29) is 24.1 Å². The minimum absolute atomic E-state index is 0.0571. The summed E-state index contributed by atoms with van der Waals surface area (Å²) in [5.41, 5.74) is 7.86. The number of rotatable bonds is 6. The number of amides is 2. The Bertz CT molecular complexity index is 1180. The van der Waals surface area contributed by atoms with Crippen LogP contribution in [0.5, 0.6) is 0 Å². The number of nitrogens with two attached hydrogens (primary N) is 1. The third kappa shape index (κ3) is 4.56. The molecule has 0 bridgehead atoms. The van der Waals surface area contributed by atoms with Crippen LogP contribution in [-0.4, -0.2) is 35.7 Å². The van der Waals surface area contributed by atoms with Crippen LogP contribution < -0.4 is 5.73 Å². The molecule has 0 saturated carbocycles. The molecular weight excluding hydrogens is 434 g/mol. The van der Waals surface area contributed by atoms with Crippen molar-refractivity contribution < 1.29 is 13.6 Å². The molecule has 2 unspecified atom stereocenters. The van der Waals surface area contributed by atoms with Crippen LogP contribution in [-0.2, 0) is 5.54 Å². The van der Waals surface area contributed by atoms with Crippen LogP contribution in [0.1, 0.15) is 42.0 Å². The van der Waals surface area contributed by atoms with Crippen molar-refractivity contribution in [1.29, 1.82) is 0 Å². The van der Waals surface area contributed by atoms with Gasteiger partial charge in [-0.05, 0) is 42.2 Å². The Morgan fingerprint density at radius 3 is 2.35 bits per heavy atom. The van der Waals surface area contributed by atoms with Crippen LogP contribution >= 0.6 is 0 Å². The van der Waals surface area contributed by atoms with Crippen molar-refractivity contribution in [1.82, 2.24) is 9.91 Å². The summed E-state index contributed by atoms with van der Waals surface area (Å²) < 4.78 is 28.7. The monoisotopic (exact) mass is 462 g/mol. The molecule has 176 valence electrons. The molecule has 0 saturated heterocycles. The average Bonchev–Trinajstić information content (AvgIpc) is 3.25. The predicted molar refractivity (Wildman–Crippen MR) is 129 cm³/mol. The smallest absolute Gasteiger partial charge is 0.329 e. The fourth-order valence-corrected chi connectivity index (χ4v) is 4.46. The lowest BCUT2D eigenvalue weighted by molar-refractivity contribution is 0.101. The van der Waals surface area contributed by atoms with Gasteiger partial charge in [0, 0.05) is 32.1 Å². The highest BCUT2D eigenvalue weighted by Gasteiger charge is 2.48. The molecular formula is C27H28F2N4O. The van der Waals surface area contributed by atoms with Crippen molar-refractivity contribution in [3.05, 3.63) is 107 Å². The SMILES string of the molecule is CN(C)C(=O)N1N=C(c2cc(F)ccc2F)CC1(CCC(N)c1ccccc1)c1ccccc1. The molecule has 0 spiro atoms. The molecule has 5 nitrogen and oxygen atoms in total. The highest BCUT2D eigenvalue weighted by molar-refractivity contribution is 6.04. The molecule has 0 aromatic heterocycles. The van der Waals surface area contributed by atoms with E-state index in [0.717, 1.165) is 29.3 Å². The number of hydrogen-bond acceptors (Lipinski definition) is 3. The van der Waals surface area contributed by atoms with Gasteiger partial charge in [0.15, 0.2) is 0 Å². The van der Waals surface area contributed by atoms with Crippen molar-refractivity contribution in [3.8, 4) is 0 Å². The van der Waals surface area contributed by atoms with Crippen molar-refractivity contribution in [3.63, 3.8) is 0 Å². The van der Waals surface area contributed by atoms with Crippen LogP contribution in [0, 0.1) is 11.6 Å². The van der Waals surface area contributed by atoms with Crippen molar-refractivity contribution in [2.24, 2.45) is 10.8 Å². The lowest BCUT2D eigenvalue weighted by Gasteiger charge is -2.38. The number of carbonyl (C=O) groups excluding carboxylic acids is 1. The van der Waals surface area contributed by atoms with Crippen LogP contribution in [0.15, 0.2) is 84.0 Å². The summed E-state index contributed by atoms with van der Waals surface area (Å²) in [7, 11) is 3.29. The fourth-order valence-electron chi connectivity index (χ4n) is 4.46. The second-order valence-electron chi connectivity index (χ2n) is 8.79. The molecule has 0 fully saturated rings. The first-order valence-corrected chi connectivity index (χ1v) is 11.2. The summed E-state index contributed by atoms with van der Waals surface area (Å²) >= 11 is 0. The third-order valence-electron chi connectivity index (χ3n) is 6.30. The van der Waals surface area contributed by atoms with Crippen LogP contribution in [0.2, 0.25) is 0 Å². The van der Waals surface area contributed by atoms with Gasteiger partial charge >= 0.3 is 6.03 Å². The lowest BCUT2D eigenvalue weighted by Crippen LogP contribution is -2.48. The quantitative estimate of drug-likeness (QED) is 0.531. The highest BCUT2D eigenvalue weighted by Crippen LogP contribution is 2.44. The molecule has 0 radical (unpaired) electrons. The third-order valence-corrected chi connectivity index (χ3v) is 6.30. The second-order valence-corrected chi connectivity index (χ2v) is 8.79. The molecule has 4 rings (SSSR count). The van der Waals surface area contributed by atoms with E-state index in [2.05, 4.69) is 5.10 Å². The lowest BCUT2D eigenvalue weighted by atomic mass is 9.79. The van der Waals surface area contributed by atoms with E-state index in [4.69, 9.17) is 5.73 Å². The van der Waals surface area contributed by atoms with Crippen molar-refractivity contribution in [2.45, 2.75) is 30.8 Å². The van der Waals surface area contributed by atoms with E-state index in [1.54, 1.807) is 14.1 Å². The zero-order valence-corrected chi connectivity index (χ0v) is 19.3. The number of carbonyl (C=O) groups is 1. The van der Waals surface area contributed by atoms with E-state index in [1.165, 1.54) is 9.91 Å². The highest BCUT2D eigenvalue weighted by atomic mass is 19.1. The van der Waals surface area contributed by atoms with Crippen LogP contribution in [0.25, 0.3) is 0 Å². The van der Waals surface area contributed by atoms with Crippen LogP contribution in [0.3, 0.4) is 0 Å². The molecule has 34 heavy (non-hydrogen) atoms. The number of nitrogens with zero attached hydrogens (tertiary/aromatic N) is 3. The van der Waals surface area contributed by atoms with E-state index in [9.17, 15) is 13.6 Å². The maximum atomic E-state index is 14.7. The molecule has 1 heterocycles. The van der Waals surface area contributed by atoms with E-state index in [0.29, 0.717) is 18.6 Å². The zero-order valence-electron chi connectivity index (χ0n) is 19.3. The second kappa shape index (κ2) is 9.73. The van der Waals surface area contributed by atoms with Gasteiger partial charge < -0.3 is 10.6 Å². The number of halogens is 2. The topological polar surface area (TPSA) is 61.9 Å². The number of hydrazone groups is 1. The average molecular weight is 463 g/mol. The summed E-state index contributed by atoms with van der Waals surface area (Å²) in [5.74, 6) is -1.14. The first kappa shape index (κ1) is 23.6. The van der Waals surface area contributed by atoms with Crippen molar-refractivity contribution >= 4 is 11.7 Å². The van der Waals surface area contributed by atoms with E-state index in [1.807, 2.05) is 60.7 Å². The fraction of sp³-hybridized carbons (Fsp3) is 0.259. The maximum absolute atomic E-state index is 14.7. The normalized spacial score (nSPS) is 18.5. The molecule has 3 aromatic carbocycles. The Morgan fingerprint density at radius 1 is 1.06 bits per heavy atom. The van der Waals surface area contributed by atoms with Gasteiger partial charge in [-0.1, -0.05) is 60.7 Å². The molecule has 1 aliphatic rings. The van der Waals surface area contributed by atoms with Crippen LogP contribution in [0.4, 0.5) is 13.6 Å². The maximum Gasteiger partial charge on any atom is 0.340 e. The Labute approximate surface area is 198 Å². The minimum Gasteiger partial charge on any atom is -0.329 e. The van der Waals surface area contributed by atoms with Gasteiger partial charge in [0.25, 0.3) is 0 Å². The Balaban J connectivity index is 1.78. The molecule has 2 N–H and O–H groups in total. The Hall–Kier alpha value is -3.58. The first-order valence-electron chi connectivity index (χ1n) is 11.2. The molecule has 7 heteroatoms. The summed E-state index contributed by atoms with van der Waals surface area (Å²) in [6.45, 7) is 0. The van der Waals surface area contributed by atoms with Gasteiger partial charge in [0.2, 0.25) is 0 Å². The Kier molecular flexibility index (Phi) is 6.75. The van der Waals surface area contributed by atoms with Gasteiger partial charge in [-0.25, -0.2) is 18.6 Å². The number of urea groups is 1. The summed E-state index contributed by atoms with van der Waals surface area (Å²) in [6, 6.07) is 22.0. The van der Waals surface area contributed by atoms with Gasteiger partial charge in [-0.3, -0.25) is 0 Å². The number of benzene rings is 3. The van der Waals surface area contributed by atoms with Crippen molar-refractivity contribution in [2.75, 3.05) is 14.1 Å². The molecule has 2 amide bonds. The first-order chi connectivity index (χ1) is 16.3. The Morgan fingerprint density at radius 2 is 1.71 bits per heavy atom. The molecule has 3 aromatic rings.